The summed E-state index contributed by atoms with van der Waals surface area (Å²) < 4.78 is 19.1. The molecule has 0 saturated carbocycles. The molecule has 2 rings (SSSR count). The van der Waals surface area contributed by atoms with Gasteiger partial charge in [-0.25, -0.2) is 4.39 Å². The standard InChI is InChI=1S/C14H20ClFN2O/c1-10(11-3-4-13(15)14(16)7-11)17-8-12-9-18(2)5-6-19-12/h3-4,7,10,12,17H,5-6,8-9H2,1-2H3. The smallest absolute Gasteiger partial charge is 0.142 e. The second kappa shape index (κ2) is 6.66. The van der Waals surface area contributed by atoms with E-state index in [2.05, 4.69) is 17.3 Å². The number of nitrogens with one attached hydrogen (secondary N) is 1. The Morgan fingerprint density at radius 1 is 1.58 bits per heavy atom. The monoisotopic (exact) mass is 286 g/mol. The van der Waals surface area contributed by atoms with E-state index < -0.39 is 0 Å². The normalized spacial score (nSPS) is 22.4. The van der Waals surface area contributed by atoms with Gasteiger partial charge in [0.1, 0.15) is 5.82 Å². The molecule has 2 unspecified atom stereocenters. The first-order chi connectivity index (χ1) is 9.06. The van der Waals surface area contributed by atoms with Crippen LogP contribution in [0.25, 0.3) is 0 Å². The summed E-state index contributed by atoms with van der Waals surface area (Å²) in [5, 5.41) is 3.53. The molecule has 1 N–H and O–H groups in total. The van der Waals surface area contributed by atoms with E-state index in [-0.39, 0.29) is 23.0 Å². The maximum atomic E-state index is 13.4. The third-order valence-electron chi connectivity index (χ3n) is 3.44. The molecule has 1 aromatic rings. The van der Waals surface area contributed by atoms with Gasteiger partial charge < -0.3 is 15.0 Å². The van der Waals surface area contributed by atoms with Crippen LogP contribution in [-0.2, 0) is 4.74 Å². The summed E-state index contributed by atoms with van der Waals surface area (Å²) in [6, 6.07) is 4.99. The maximum absolute atomic E-state index is 13.4. The number of ether oxygens (including phenoxy) is 1. The summed E-state index contributed by atoms with van der Waals surface area (Å²) in [7, 11) is 2.09. The molecule has 0 spiro atoms. The number of hydrogen-bond acceptors (Lipinski definition) is 3. The molecule has 0 aromatic heterocycles. The van der Waals surface area contributed by atoms with Gasteiger partial charge in [0.2, 0.25) is 0 Å². The van der Waals surface area contributed by atoms with E-state index >= 15 is 0 Å². The van der Waals surface area contributed by atoms with Crippen molar-refractivity contribution in [2.45, 2.75) is 19.1 Å². The molecule has 0 aliphatic carbocycles. The lowest BCUT2D eigenvalue weighted by Gasteiger charge is -2.31. The van der Waals surface area contributed by atoms with Gasteiger partial charge in [-0.1, -0.05) is 17.7 Å². The number of benzene rings is 1. The Bertz CT molecular complexity index is 430. The lowest BCUT2D eigenvalue weighted by molar-refractivity contribution is -0.0190. The Balaban J connectivity index is 1.86. The zero-order chi connectivity index (χ0) is 13.8. The van der Waals surface area contributed by atoms with Crippen LogP contribution < -0.4 is 5.32 Å². The van der Waals surface area contributed by atoms with Gasteiger partial charge in [-0.2, -0.15) is 0 Å². The molecular weight excluding hydrogens is 267 g/mol. The third-order valence-corrected chi connectivity index (χ3v) is 3.74. The minimum Gasteiger partial charge on any atom is -0.374 e. The molecule has 2 atom stereocenters. The lowest BCUT2D eigenvalue weighted by atomic mass is 10.1. The second-order valence-corrected chi connectivity index (χ2v) is 5.47. The number of nitrogens with zero attached hydrogens (tertiary/aromatic N) is 1. The predicted octanol–water partition coefficient (Wildman–Crippen LogP) is 2.46. The molecular formula is C14H20ClFN2O. The minimum absolute atomic E-state index is 0.0719. The lowest BCUT2D eigenvalue weighted by Crippen LogP contribution is -2.45. The first-order valence-electron chi connectivity index (χ1n) is 6.54. The van der Waals surface area contributed by atoms with Gasteiger partial charge in [0.25, 0.3) is 0 Å². The van der Waals surface area contributed by atoms with Gasteiger partial charge in [-0.15, -0.1) is 0 Å². The molecule has 3 nitrogen and oxygen atoms in total. The van der Waals surface area contributed by atoms with Gasteiger partial charge in [0.05, 0.1) is 17.7 Å². The van der Waals surface area contributed by atoms with Crippen LogP contribution in [-0.4, -0.2) is 44.3 Å². The molecule has 5 heteroatoms. The number of likely N-dealkylation sites (N-methyl/N-ethyl adjacent to an activating group) is 1. The highest BCUT2D eigenvalue weighted by atomic mass is 35.5. The van der Waals surface area contributed by atoms with Crippen LogP contribution in [0.2, 0.25) is 5.02 Å². The Labute approximate surface area is 118 Å². The van der Waals surface area contributed by atoms with Gasteiger partial charge in [-0.3, -0.25) is 0 Å². The van der Waals surface area contributed by atoms with Gasteiger partial charge >= 0.3 is 0 Å². The molecule has 0 radical (unpaired) electrons. The second-order valence-electron chi connectivity index (χ2n) is 5.06. The van der Waals surface area contributed by atoms with Crippen molar-refractivity contribution in [1.82, 2.24) is 10.2 Å². The number of morpholine rings is 1. The van der Waals surface area contributed by atoms with Crippen molar-refractivity contribution in [1.29, 1.82) is 0 Å². The number of rotatable bonds is 4. The average molecular weight is 287 g/mol. The van der Waals surface area contributed by atoms with Gasteiger partial charge in [0, 0.05) is 25.7 Å². The fourth-order valence-electron chi connectivity index (χ4n) is 2.20. The summed E-state index contributed by atoms with van der Waals surface area (Å²) in [4.78, 5) is 2.25. The first-order valence-corrected chi connectivity index (χ1v) is 6.92. The van der Waals surface area contributed by atoms with E-state index in [4.69, 9.17) is 16.3 Å². The molecule has 0 bridgehead atoms. The predicted molar refractivity (Wildman–Crippen MR) is 75.1 cm³/mol. The Morgan fingerprint density at radius 3 is 3.05 bits per heavy atom. The molecule has 0 amide bonds. The van der Waals surface area contributed by atoms with E-state index in [1.165, 1.54) is 6.07 Å². The Kier molecular flexibility index (Phi) is 5.16. The molecule has 19 heavy (non-hydrogen) atoms. The topological polar surface area (TPSA) is 24.5 Å². The highest BCUT2D eigenvalue weighted by Gasteiger charge is 2.18. The van der Waals surface area contributed by atoms with Gasteiger partial charge in [0.15, 0.2) is 0 Å². The molecule has 1 heterocycles. The van der Waals surface area contributed by atoms with E-state index in [0.29, 0.717) is 0 Å². The summed E-state index contributed by atoms with van der Waals surface area (Å²) in [5.74, 6) is -0.374. The average Bonchev–Trinajstić information content (AvgIpc) is 2.39. The molecule has 1 aromatic carbocycles. The Morgan fingerprint density at radius 2 is 2.37 bits per heavy atom. The highest BCUT2D eigenvalue weighted by Crippen LogP contribution is 2.20. The van der Waals surface area contributed by atoms with Gasteiger partial charge in [-0.05, 0) is 31.7 Å². The summed E-state index contributed by atoms with van der Waals surface area (Å²) in [6.07, 6.45) is 0.193. The van der Waals surface area contributed by atoms with Crippen molar-refractivity contribution >= 4 is 11.6 Å². The van der Waals surface area contributed by atoms with E-state index in [1.807, 2.05) is 13.0 Å². The number of hydrogen-bond donors (Lipinski definition) is 1. The molecule has 1 aliphatic heterocycles. The van der Waals surface area contributed by atoms with Crippen molar-refractivity contribution in [3.63, 3.8) is 0 Å². The number of halogens is 2. The van der Waals surface area contributed by atoms with Crippen molar-refractivity contribution in [2.75, 3.05) is 33.3 Å². The zero-order valence-corrected chi connectivity index (χ0v) is 12.1. The third kappa shape index (κ3) is 4.14. The largest absolute Gasteiger partial charge is 0.374 e. The fraction of sp³-hybridized carbons (Fsp3) is 0.571. The maximum Gasteiger partial charge on any atom is 0.142 e. The summed E-state index contributed by atoms with van der Waals surface area (Å²) in [6.45, 7) is 5.45. The summed E-state index contributed by atoms with van der Waals surface area (Å²) >= 11 is 5.68. The fourth-order valence-corrected chi connectivity index (χ4v) is 2.32. The van der Waals surface area contributed by atoms with Crippen LogP contribution in [0.5, 0.6) is 0 Å². The minimum atomic E-state index is -0.374. The van der Waals surface area contributed by atoms with Crippen molar-refractivity contribution < 1.29 is 9.13 Å². The van der Waals surface area contributed by atoms with Crippen LogP contribution in [0.1, 0.15) is 18.5 Å². The Hall–Kier alpha value is -0.680. The van der Waals surface area contributed by atoms with E-state index in [0.717, 1.165) is 31.8 Å². The first kappa shape index (κ1) is 14.7. The van der Waals surface area contributed by atoms with E-state index in [1.54, 1.807) is 6.07 Å². The van der Waals surface area contributed by atoms with Crippen molar-refractivity contribution in [3.05, 3.63) is 34.6 Å². The van der Waals surface area contributed by atoms with Crippen LogP contribution in [0.4, 0.5) is 4.39 Å². The quantitative estimate of drug-likeness (QED) is 0.920. The molecule has 1 fully saturated rings. The van der Waals surface area contributed by atoms with Crippen LogP contribution >= 0.6 is 11.6 Å². The molecule has 1 aliphatic rings. The van der Waals surface area contributed by atoms with E-state index in [9.17, 15) is 4.39 Å². The SMILES string of the molecule is CC(NCC1CN(C)CCO1)c1ccc(Cl)c(F)c1. The van der Waals surface area contributed by atoms with Crippen molar-refractivity contribution in [2.24, 2.45) is 0 Å². The van der Waals surface area contributed by atoms with Crippen LogP contribution in [0.15, 0.2) is 18.2 Å². The summed E-state index contributed by atoms with van der Waals surface area (Å²) in [5.41, 5.74) is 0.895. The highest BCUT2D eigenvalue weighted by molar-refractivity contribution is 6.30. The molecule has 106 valence electrons. The van der Waals surface area contributed by atoms with Crippen molar-refractivity contribution in [3.8, 4) is 0 Å². The molecule has 1 saturated heterocycles. The van der Waals surface area contributed by atoms with Crippen LogP contribution in [0.3, 0.4) is 0 Å². The van der Waals surface area contributed by atoms with Crippen LogP contribution in [0, 0.1) is 5.82 Å². The zero-order valence-electron chi connectivity index (χ0n) is 11.3.